The molecule has 3 heteroatoms. The van der Waals surface area contributed by atoms with Crippen LogP contribution in [-0.4, -0.2) is 11.3 Å². The van der Waals surface area contributed by atoms with Crippen LogP contribution in [0, 0.1) is 0 Å². The zero-order valence-corrected chi connectivity index (χ0v) is 19.0. The molecule has 0 amide bonds. The fourth-order valence-electron chi connectivity index (χ4n) is 2.58. The minimum absolute atomic E-state index is 0. The van der Waals surface area contributed by atoms with E-state index in [0.717, 1.165) is 5.75 Å². The van der Waals surface area contributed by atoms with E-state index < -0.39 is 8.15 Å². The molecule has 0 saturated carbocycles. The molecule has 0 fully saturated rings. The summed E-state index contributed by atoms with van der Waals surface area (Å²) in [5.74, 6) is 1.08. The Bertz CT molecular complexity index is 487. The summed E-state index contributed by atoms with van der Waals surface area (Å²) in [6.07, 6.45) is 0. The predicted molar refractivity (Wildman–Crippen MR) is 102 cm³/mol. The molecule has 0 aliphatic carbocycles. The Morgan fingerprint density at radius 2 is 1.30 bits per heavy atom. The molecule has 136 valence electrons. The maximum Gasteiger partial charge on any atom is 0.127 e. The van der Waals surface area contributed by atoms with Crippen LogP contribution in [-0.2, 0) is 31.3 Å². The Hall–Kier alpha value is 0.112. The number of benzene rings is 1. The van der Waals surface area contributed by atoms with Crippen LogP contribution >= 0.6 is 8.15 Å². The van der Waals surface area contributed by atoms with Crippen LogP contribution in [0.5, 0.6) is 5.75 Å². The molecular formula is C20H35OPPd. The van der Waals surface area contributed by atoms with E-state index in [2.05, 4.69) is 87.4 Å². The summed E-state index contributed by atoms with van der Waals surface area (Å²) in [6.45, 7) is 22.7. The van der Waals surface area contributed by atoms with E-state index in [1.807, 2.05) is 0 Å². The Kier molecular flexibility index (Phi) is 8.51. The van der Waals surface area contributed by atoms with Gasteiger partial charge in [0.25, 0.3) is 0 Å². The van der Waals surface area contributed by atoms with Gasteiger partial charge in [-0.05, 0) is 22.5 Å². The Morgan fingerprint density at radius 3 is 1.65 bits per heavy atom. The van der Waals surface area contributed by atoms with Gasteiger partial charge in [-0.1, -0.05) is 81.4 Å². The van der Waals surface area contributed by atoms with E-state index in [1.165, 1.54) is 11.1 Å². The molecule has 0 unspecified atom stereocenters. The first kappa shape index (κ1) is 23.1. The van der Waals surface area contributed by atoms with Crippen molar-refractivity contribution < 1.29 is 24.9 Å². The van der Waals surface area contributed by atoms with Crippen LogP contribution in [0.25, 0.3) is 0 Å². The number of hydrogen-bond donors (Lipinski definition) is 0. The molecule has 1 nitrogen and oxygen atoms in total. The summed E-state index contributed by atoms with van der Waals surface area (Å²) < 4.78 is 6.53. The van der Waals surface area contributed by atoms with Crippen molar-refractivity contribution in [2.75, 3.05) is 0 Å². The normalized spacial score (nSPS) is 12.7. The second kappa shape index (κ2) is 8.47. The zero-order valence-electron chi connectivity index (χ0n) is 16.6. The monoisotopic (exact) mass is 428 g/mol. The zero-order chi connectivity index (χ0) is 17.3. The van der Waals surface area contributed by atoms with Crippen molar-refractivity contribution in [1.82, 2.24) is 0 Å². The first-order chi connectivity index (χ1) is 9.84. The van der Waals surface area contributed by atoms with Gasteiger partial charge < -0.3 is 4.52 Å². The smallest absolute Gasteiger partial charge is 0.127 e. The molecule has 0 N–H and O–H groups in total. The van der Waals surface area contributed by atoms with Crippen LogP contribution in [0.1, 0.15) is 80.4 Å². The van der Waals surface area contributed by atoms with Crippen molar-refractivity contribution >= 4 is 8.15 Å². The van der Waals surface area contributed by atoms with Crippen molar-refractivity contribution in [3.8, 4) is 5.75 Å². The van der Waals surface area contributed by atoms with Crippen molar-refractivity contribution in [1.29, 1.82) is 0 Å². The molecule has 0 saturated heterocycles. The summed E-state index contributed by atoms with van der Waals surface area (Å²) in [5.41, 5.74) is 4.11. The van der Waals surface area contributed by atoms with Gasteiger partial charge >= 0.3 is 0 Å². The van der Waals surface area contributed by atoms with Crippen LogP contribution in [0.15, 0.2) is 18.2 Å². The van der Waals surface area contributed by atoms with E-state index >= 15 is 0 Å². The molecule has 0 bridgehead atoms. The molecule has 0 aromatic heterocycles. The van der Waals surface area contributed by atoms with E-state index in [9.17, 15) is 0 Å². The molecule has 0 radical (unpaired) electrons. The van der Waals surface area contributed by atoms with Gasteiger partial charge in [0.15, 0.2) is 0 Å². The SMILES string of the molecule is CC(C)P(Oc1ccc(C(C)(C)C)cc1C(C)(C)C)C(C)C.[Pd]. The average molecular weight is 429 g/mol. The first-order valence-corrected chi connectivity index (χ1v) is 9.85. The van der Waals surface area contributed by atoms with Gasteiger partial charge in [0.2, 0.25) is 0 Å². The molecule has 0 atom stereocenters. The van der Waals surface area contributed by atoms with E-state index in [-0.39, 0.29) is 31.3 Å². The molecule has 1 aromatic rings. The Balaban J connectivity index is 0.00000484. The second-order valence-corrected chi connectivity index (χ2v) is 11.8. The summed E-state index contributed by atoms with van der Waals surface area (Å²) in [4.78, 5) is 0. The van der Waals surface area contributed by atoms with Gasteiger partial charge in [-0.2, -0.15) is 0 Å². The van der Waals surface area contributed by atoms with E-state index in [1.54, 1.807) is 0 Å². The maximum atomic E-state index is 6.53. The van der Waals surface area contributed by atoms with Gasteiger partial charge in [-0.15, -0.1) is 0 Å². The molecule has 1 aromatic carbocycles. The van der Waals surface area contributed by atoms with Crippen molar-refractivity contribution in [2.45, 2.75) is 91.4 Å². The number of rotatable bonds is 4. The molecule has 1 rings (SSSR count). The van der Waals surface area contributed by atoms with Gasteiger partial charge in [0.1, 0.15) is 5.75 Å². The predicted octanol–water partition coefficient (Wildman–Crippen LogP) is 6.87. The fraction of sp³-hybridized carbons (Fsp3) is 0.700. The molecule has 0 aliphatic heterocycles. The van der Waals surface area contributed by atoms with Crippen LogP contribution in [0.2, 0.25) is 0 Å². The molecule has 23 heavy (non-hydrogen) atoms. The van der Waals surface area contributed by atoms with Gasteiger partial charge in [-0.25, -0.2) is 0 Å². The van der Waals surface area contributed by atoms with Gasteiger partial charge in [-0.3, -0.25) is 0 Å². The Morgan fingerprint density at radius 1 is 0.826 bits per heavy atom. The third-order valence-corrected chi connectivity index (χ3v) is 6.32. The van der Waals surface area contributed by atoms with Crippen molar-refractivity contribution in [3.63, 3.8) is 0 Å². The van der Waals surface area contributed by atoms with Crippen molar-refractivity contribution in [2.24, 2.45) is 0 Å². The fourth-order valence-corrected chi connectivity index (χ4v) is 4.58. The largest absolute Gasteiger partial charge is 0.473 e. The summed E-state index contributed by atoms with van der Waals surface area (Å²) in [6, 6.07) is 6.78. The topological polar surface area (TPSA) is 9.23 Å². The molecule has 0 heterocycles. The first-order valence-electron chi connectivity index (χ1n) is 8.45. The molecule has 0 aliphatic rings. The van der Waals surface area contributed by atoms with Gasteiger partial charge in [0, 0.05) is 37.3 Å². The molecular weight excluding hydrogens is 394 g/mol. The minimum atomic E-state index is -0.456. The third kappa shape index (κ3) is 6.49. The minimum Gasteiger partial charge on any atom is -0.473 e. The Labute approximate surface area is 159 Å². The quantitative estimate of drug-likeness (QED) is 0.375. The third-order valence-electron chi connectivity index (χ3n) is 3.88. The summed E-state index contributed by atoms with van der Waals surface area (Å²) in [5, 5.41) is 0. The van der Waals surface area contributed by atoms with Crippen LogP contribution in [0.4, 0.5) is 0 Å². The standard InChI is InChI=1S/C20H35OP.Pd/c1-14(2)22(15(3)4)21-18-12-11-16(19(5,6)7)13-17(18)20(8,9)10;/h11-15H,1-10H3;. The summed E-state index contributed by atoms with van der Waals surface area (Å²) in [7, 11) is -0.456. The van der Waals surface area contributed by atoms with E-state index in [4.69, 9.17) is 4.52 Å². The average Bonchev–Trinajstić information content (AvgIpc) is 2.32. The van der Waals surface area contributed by atoms with Crippen molar-refractivity contribution in [3.05, 3.63) is 29.3 Å². The summed E-state index contributed by atoms with van der Waals surface area (Å²) >= 11 is 0. The molecule has 0 spiro atoms. The van der Waals surface area contributed by atoms with Crippen LogP contribution < -0.4 is 4.52 Å². The van der Waals surface area contributed by atoms with Crippen LogP contribution in [0.3, 0.4) is 0 Å². The second-order valence-electron chi connectivity index (χ2n) is 8.85. The van der Waals surface area contributed by atoms with Gasteiger partial charge in [0.05, 0.1) is 8.15 Å². The number of hydrogen-bond acceptors (Lipinski definition) is 1. The maximum absolute atomic E-state index is 6.53. The van der Waals surface area contributed by atoms with E-state index in [0.29, 0.717) is 11.3 Å².